The maximum atomic E-state index is 11.4. The first-order chi connectivity index (χ1) is 7.79. The number of rotatable bonds is 3. The number of nitro groups is 1. The SMILES string of the molecule is O=C(OCC(Cl)(Cl)Cl)c1ccc([N+](=O)[O-])cc1. The smallest absolute Gasteiger partial charge is 0.338 e. The number of hydrogen-bond acceptors (Lipinski definition) is 4. The Morgan fingerprint density at radius 2 is 1.82 bits per heavy atom. The molecule has 1 aromatic rings. The predicted molar refractivity (Wildman–Crippen MR) is 63.7 cm³/mol. The molecule has 0 saturated carbocycles. The third kappa shape index (κ3) is 4.77. The van der Waals surface area contributed by atoms with Crippen LogP contribution in [-0.4, -0.2) is 21.3 Å². The number of halogens is 3. The Morgan fingerprint density at radius 3 is 2.24 bits per heavy atom. The van der Waals surface area contributed by atoms with Crippen LogP contribution >= 0.6 is 34.8 Å². The lowest BCUT2D eigenvalue weighted by atomic mass is 10.2. The van der Waals surface area contributed by atoms with E-state index >= 15 is 0 Å². The lowest BCUT2D eigenvalue weighted by Gasteiger charge is -2.10. The zero-order chi connectivity index (χ0) is 13.1. The summed E-state index contributed by atoms with van der Waals surface area (Å²) >= 11 is 16.2. The average Bonchev–Trinajstić information content (AvgIpc) is 2.25. The van der Waals surface area contributed by atoms with E-state index in [0.717, 1.165) is 0 Å². The fourth-order valence-corrected chi connectivity index (χ4v) is 1.11. The van der Waals surface area contributed by atoms with Crippen molar-refractivity contribution in [1.82, 2.24) is 0 Å². The number of hydrogen-bond donors (Lipinski definition) is 0. The molecule has 0 N–H and O–H groups in total. The van der Waals surface area contributed by atoms with Gasteiger partial charge in [-0.1, -0.05) is 34.8 Å². The zero-order valence-corrected chi connectivity index (χ0v) is 10.5. The molecule has 1 aromatic carbocycles. The number of nitrogens with zero attached hydrogens (tertiary/aromatic N) is 1. The third-order valence-corrected chi connectivity index (χ3v) is 2.01. The molecule has 0 heterocycles. The van der Waals surface area contributed by atoms with Gasteiger partial charge in [0, 0.05) is 12.1 Å². The Hall–Kier alpha value is -1.04. The molecule has 0 aliphatic rings. The normalized spacial score (nSPS) is 11.0. The van der Waals surface area contributed by atoms with Crippen LogP contribution in [0.5, 0.6) is 0 Å². The summed E-state index contributed by atoms with van der Waals surface area (Å²) in [5, 5.41) is 10.4. The summed E-state index contributed by atoms with van der Waals surface area (Å²) in [6.07, 6.45) is 0. The van der Waals surface area contributed by atoms with Crippen LogP contribution in [0.25, 0.3) is 0 Å². The predicted octanol–water partition coefficient (Wildman–Crippen LogP) is 3.12. The molecule has 0 fully saturated rings. The van der Waals surface area contributed by atoms with Gasteiger partial charge >= 0.3 is 5.97 Å². The minimum Gasteiger partial charge on any atom is -0.458 e. The molecule has 0 aliphatic heterocycles. The summed E-state index contributed by atoms with van der Waals surface area (Å²) in [7, 11) is 0. The Morgan fingerprint density at radius 1 is 1.29 bits per heavy atom. The highest BCUT2D eigenvalue weighted by atomic mass is 35.6. The summed E-state index contributed by atoms with van der Waals surface area (Å²) in [6.45, 7) is -0.395. The number of ether oxygens (including phenoxy) is 1. The molecule has 0 bridgehead atoms. The molecule has 0 atom stereocenters. The Bertz CT molecular complexity index is 427. The molecule has 0 amide bonds. The second-order valence-electron chi connectivity index (χ2n) is 3.00. The Kier molecular flexibility index (Phi) is 4.56. The van der Waals surface area contributed by atoms with Gasteiger partial charge in [-0.3, -0.25) is 10.1 Å². The van der Waals surface area contributed by atoms with Crippen molar-refractivity contribution in [2.45, 2.75) is 3.79 Å². The minimum atomic E-state index is -1.68. The van der Waals surface area contributed by atoms with Crippen molar-refractivity contribution in [3.8, 4) is 0 Å². The van der Waals surface area contributed by atoms with Gasteiger partial charge in [-0.25, -0.2) is 4.79 Å². The highest BCUT2D eigenvalue weighted by molar-refractivity contribution is 6.67. The van der Waals surface area contributed by atoms with E-state index in [4.69, 9.17) is 34.8 Å². The fourth-order valence-electron chi connectivity index (χ4n) is 0.950. The number of carbonyl (C=O) groups is 1. The van der Waals surface area contributed by atoms with E-state index in [2.05, 4.69) is 4.74 Å². The van der Waals surface area contributed by atoms with E-state index in [-0.39, 0.29) is 11.3 Å². The van der Waals surface area contributed by atoms with Gasteiger partial charge in [0.15, 0.2) is 0 Å². The number of esters is 1. The van der Waals surface area contributed by atoms with Gasteiger partial charge in [0.05, 0.1) is 10.5 Å². The second-order valence-corrected chi connectivity index (χ2v) is 5.51. The van der Waals surface area contributed by atoms with Gasteiger partial charge in [0.1, 0.15) is 6.61 Å². The van der Waals surface area contributed by atoms with Crippen molar-refractivity contribution in [1.29, 1.82) is 0 Å². The van der Waals surface area contributed by atoms with Crippen LogP contribution in [0.15, 0.2) is 24.3 Å². The number of benzene rings is 1. The third-order valence-electron chi connectivity index (χ3n) is 1.68. The van der Waals surface area contributed by atoms with E-state index in [1.165, 1.54) is 24.3 Å². The minimum absolute atomic E-state index is 0.122. The van der Waals surface area contributed by atoms with Gasteiger partial charge in [-0.15, -0.1) is 0 Å². The maximum absolute atomic E-state index is 11.4. The molecule has 0 radical (unpaired) electrons. The Balaban J connectivity index is 2.67. The first kappa shape index (κ1) is 14.0. The zero-order valence-electron chi connectivity index (χ0n) is 8.23. The molecular weight excluding hydrogens is 292 g/mol. The van der Waals surface area contributed by atoms with E-state index in [1.807, 2.05) is 0 Å². The molecule has 0 spiro atoms. The van der Waals surface area contributed by atoms with Gasteiger partial charge in [-0.2, -0.15) is 0 Å². The molecule has 0 unspecified atom stereocenters. The Labute approximate surface area is 111 Å². The second kappa shape index (κ2) is 5.53. The molecule has 92 valence electrons. The average molecular weight is 299 g/mol. The van der Waals surface area contributed by atoms with Crippen LogP contribution in [0.2, 0.25) is 0 Å². The summed E-state index contributed by atoms with van der Waals surface area (Å²) in [6, 6.07) is 4.90. The van der Waals surface area contributed by atoms with Crippen LogP contribution in [0, 0.1) is 10.1 Å². The largest absolute Gasteiger partial charge is 0.458 e. The van der Waals surface area contributed by atoms with Gasteiger partial charge in [0.2, 0.25) is 3.79 Å². The summed E-state index contributed by atoms with van der Waals surface area (Å²) in [5.41, 5.74) is 0.0211. The van der Waals surface area contributed by atoms with Gasteiger partial charge in [0.25, 0.3) is 5.69 Å². The number of non-ortho nitro benzene ring substituents is 1. The number of nitro benzene ring substituents is 1. The van der Waals surface area contributed by atoms with Crippen molar-refractivity contribution in [3.05, 3.63) is 39.9 Å². The monoisotopic (exact) mass is 297 g/mol. The molecule has 0 aliphatic carbocycles. The first-order valence-corrected chi connectivity index (χ1v) is 5.41. The molecule has 8 heteroatoms. The van der Waals surface area contributed by atoms with Crippen molar-refractivity contribution >= 4 is 46.5 Å². The lowest BCUT2D eigenvalue weighted by Crippen LogP contribution is -2.17. The molecule has 5 nitrogen and oxygen atoms in total. The quantitative estimate of drug-likeness (QED) is 0.372. The van der Waals surface area contributed by atoms with Crippen LogP contribution in [0.1, 0.15) is 10.4 Å². The number of carbonyl (C=O) groups excluding carboxylic acids is 1. The van der Waals surface area contributed by atoms with E-state index in [9.17, 15) is 14.9 Å². The van der Waals surface area contributed by atoms with E-state index in [0.29, 0.717) is 0 Å². The van der Waals surface area contributed by atoms with Crippen molar-refractivity contribution in [2.75, 3.05) is 6.61 Å². The highest BCUT2D eigenvalue weighted by Gasteiger charge is 2.22. The molecule has 0 aromatic heterocycles. The van der Waals surface area contributed by atoms with E-state index in [1.54, 1.807) is 0 Å². The number of alkyl halides is 3. The molecular formula is C9H6Cl3NO4. The molecule has 1 rings (SSSR count). The summed E-state index contributed by atoms with van der Waals surface area (Å²) < 4.78 is 3.00. The van der Waals surface area contributed by atoms with Crippen LogP contribution in [0.4, 0.5) is 5.69 Å². The topological polar surface area (TPSA) is 69.4 Å². The highest BCUT2D eigenvalue weighted by Crippen LogP contribution is 2.26. The van der Waals surface area contributed by atoms with Crippen LogP contribution in [0.3, 0.4) is 0 Å². The van der Waals surface area contributed by atoms with Crippen LogP contribution < -0.4 is 0 Å². The molecule has 0 saturated heterocycles. The van der Waals surface area contributed by atoms with Crippen LogP contribution in [-0.2, 0) is 4.74 Å². The van der Waals surface area contributed by atoms with Crippen molar-refractivity contribution in [3.63, 3.8) is 0 Å². The van der Waals surface area contributed by atoms with Crippen molar-refractivity contribution < 1.29 is 14.5 Å². The van der Waals surface area contributed by atoms with Gasteiger partial charge < -0.3 is 4.74 Å². The fraction of sp³-hybridized carbons (Fsp3) is 0.222. The summed E-state index contributed by atoms with van der Waals surface area (Å²) in [5.74, 6) is -0.716. The maximum Gasteiger partial charge on any atom is 0.338 e. The van der Waals surface area contributed by atoms with Gasteiger partial charge in [-0.05, 0) is 12.1 Å². The lowest BCUT2D eigenvalue weighted by molar-refractivity contribution is -0.384. The molecule has 17 heavy (non-hydrogen) atoms. The van der Waals surface area contributed by atoms with Crippen molar-refractivity contribution in [2.24, 2.45) is 0 Å². The van der Waals surface area contributed by atoms with E-state index < -0.39 is 21.3 Å². The first-order valence-electron chi connectivity index (χ1n) is 4.28. The summed E-state index contributed by atoms with van der Waals surface area (Å²) in [4.78, 5) is 21.2. The standard InChI is InChI=1S/C9H6Cl3NO4/c10-9(11,12)5-17-8(14)6-1-3-7(4-2-6)13(15)16/h1-4H,5H2.